The molecule has 0 bridgehead atoms. The van der Waals surface area contributed by atoms with Gasteiger partial charge in [0.2, 0.25) is 21.8 Å². The smallest absolute Gasteiger partial charge is 0.242 e. The molecule has 7 nitrogen and oxygen atoms in total. The minimum atomic E-state index is -3.52. The molecular formula is C27H39N3O4S. The molecule has 2 aromatic rings. The Kier molecular flexibility index (Phi) is 10.3. The molecule has 8 heteroatoms. The predicted octanol–water partition coefficient (Wildman–Crippen LogP) is 4.10. The molecule has 0 saturated carbocycles. The van der Waals surface area contributed by atoms with Gasteiger partial charge in [-0.05, 0) is 69.4 Å². The van der Waals surface area contributed by atoms with Gasteiger partial charge in [0.1, 0.15) is 6.04 Å². The number of hydrogen-bond acceptors (Lipinski definition) is 4. The number of nitrogens with zero attached hydrogens (tertiary/aromatic N) is 2. The number of carbonyl (C=O) groups is 2. The first-order chi connectivity index (χ1) is 16.4. The molecule has 0 fully saturated rings. The van der Waals surface area contributed by atoms with Crippen molar-refractivity contribution in [1.82, 2.24) is 10.2 Å². The van der Waals surface area contributed by atoms with Gasteiger partial charge in [0.15, 0.2) is 0 Å². The maximum Gasteiger partial charge on any atom is 0.242 e. The fourth-order valence-corrected chi connectivity index (χ4v) is 4.92. The number of nitrogens with one attached hydrogen (secondary N) is 1. The van der Waals surface area contributed by atoms with Gasteiger partial charge in [-0.3, -0.25) is 13.9 Å². The van der Waals surface area contributed by atoms with Crippen LogP contribution in [0.25, 0.3) is 0 Å². The molecule has 0 heterocycles. The molecular weight excluding hydrogens is 462 g/mol. The molecule has 0 saturated heterocycles. The standard InChI is InChI=1S/C27H39N3O4S/c1-7-14-28-27(32)23(5)29(19-24-12-10-20(2)11-13-24)26(31)9-8-15-30(35(6,33)34)25-17-21(3)16-22(4)18-25/h10-13,16-18,23H,7-9,14-15,19H2,1-6H3,(H,28,32)/t23-/m1/s1. The zero-order valence-corrected chi connectivity index (χ0v) is 22.6. The van der Waals surface area contributed by atoms with Crippen molar-refractivity contribution in [2.45, 2.75) is 66.5 Å². The van der Waals surface area contributed by atoms with Crippen LogP contribution in [0.4, 0.5) is 5.69 Å². The van der Waals surface area contributed by atoms with Gasteiger partial charge in [-0.25, -0.2) is 8.42 Å². The van der Waals surface area contributed by atoms with Crippen LogP contribution in [0.3, 0.4) is 0 Å². The van der Waals surface area contributed by atoms with E-state index in [2.05, 4.69) is 5.32 Å². The highest BCUT2D eigenvalue weighted by Crippen LogP contribution is 2.22. The number of carbonyl (C=O) groups excluding carboxylic acids is 2. The third kappa shape index (κ3) is 8.69. The SMILES string of the molecule is CCCNC(=O)[C@@H](C)N(Cc1ccc(C)cc1)C(=O)CCCN(c1cc(C)cc(C)c1)S(C)(=O)=O. The van der Waals surface area contributed by atoms with Gasteiger partial charge in [-0.1, -0.05) is 42.8 Å². The van der Waals surface area contributed by atoms with Gasteiger partial charge in [-0.15, -0.1) is 0 Å². The number of amides is 2. The fourth-order valence-electron chi connectivity index (χ4n) is 3.97. The van der Waals surface area contributed by atoms with Crippen LogP contribution in [-0.4, -0.2) is 50.5 Å². The summed E-state index contributed by atoms with van der Waals surface area (Å²) < 4.78 is 26.4. The second-order valence-corrected chi connectivity index (χ2v) is 11.2. The summed E-state index contributed by atoms with van der Waals surface area (Å²) in [5.74, 6) is -0.376. The van der Waals surface area contributed by atoms with Gasteiger partial charge in [0.25, 0.3) is 0 Å². The Morgan fingerprint density at radius 2 is 1.57 bits per heavy atom. The molecule has 192 valence electrons. The monoisotopic (exact) mass is 501 g/mol. The van der Waals surface area contributed by atoms with E-state index < -0.39 is 16.1 Å². The number of aryl methyl sites for hydroxylation is 3. The average Bonchev–Trinajstić information content (AvgIpc) is 2.77. The normalized spacial score (nSPS) is 12.2. The van der Waals surface area contributed by atoms with Crippen LogP contribution in [0.2, 0.25) is 0 Å². The van der Waals surface area contributed by atoms with Gasteiger partial charge < -0.3 is 10.2 Å². The van der Waals surface area contributed by atoms with Crippen molar-refractivity contribution in [2.75, 3.05) is 23.7 Å². The molecule has 0 radical (unpaired) electrons. The lowest BCUT2D eigenvalue weighted by molar-refractivity contribution is -0.140. The highest BCUT2D eigenvalue weighted by atomic mass is 32.2. The fraction of sp³-hybridized carbons (Fsp3) is 0.481. The predicted molar refractivity (Wildman–Crippen MR) is 142 cm³/mol. The molecule has 1 N–H and O–H groups in total. The minimum Gasteiger partial charge on any atom is -0.354 e. The van der Waals surface area contributed by atoms with Crippen molar-refractivity contribution in [3.63, 3.8) is 0 Å². The zero-order chi connectivity index (χ0) is 26.2. The first-order valence-electron chi connectivity index (χ1n) is 12.1. The maximum absolute atomic E-state index is 13.3. The second-order valence-electron chi connectivity index (χ2n) is 9.26. The molecule has 35 heavy (non-hydrogen) atoms. The van der Waals surface area contributed by atoms with E-state index >= 15 is 0 Å². The van der Waals surface area contributed by atoms with E-state index in [0.717, 1.165) is 28.7 Å². The maximum atomic E-state index is 13.3. The molecule has 2 amide bonds. The van der Waals surface area contributed by atoms with Crippen LogP contribution in [-0.2, 0) is 26.2 Å². The number of hydrogen-bond donors (Lipinski definition) is 1. The lowest BCUT2D eigenvalue weighted by atomic mass is 10.1. The Balaban J connectivity index is 2.17. The Hall–Kier alpha value is -2.87. The summed E-state index contributed by atoms with van der Waals surface area (Å²) in [5, 5.41) is 2.87. The van der Waals surface area contributed by atoms with Gasteiger partial charge >= 0.3 is 0 Å². The lowest BCUT2D eigenvalue weighted by Crippen LogP contribution is -2.47. The summed E-state index contributed by atoms with van der Waals surface area (Å²) in [5.41, 5.74) is 4.60. The van der Waals surface area contributed by atoms with E-state index in [9.17, 15) is 18.0 Å². The van der Waals surface area contributed by atoms with Gasteiger partial charge in [-0.2, -0.15) is 0 Å². The van der Waals surface area contributed by atoms with E-state index in [1.165, 1.54) is 10.6 Å². The Bertz CT molecular complexity index is 1090. The van der Waals surface area contributed by atoms with Crippen LogP contribution < -0.4 is 9.62 Å². The van der Waals surface area contributed by atoms with Crippen molar-refractivity contribution in [2.24, 2.45) is 0 Å². The highest BCUT2D eigenvalue weighted by molar-refractivity contribution is 7.92. The molecule has 0 spiro atoms. The number of rotatable bonds is 12. The molecule has 0 aliphatic rings. The number of benzene rings is 2. The van der Waals surface area contributed by atoms with Crippen LogP contribution >= 0.6 is 0 Å². The summed E-state index contributed by atoms with van der Waals surface area (Å²) in [4.78, 5) is 27.5. The van der Waals surface area contributed by atoms with E-state index in [4.69, 9.17) is 0 Å². The molecule has 2 rings (SSSR count). The van der Waals surface area contributed by atoms with Crippen LogP contribution in [0, 0.1) is 20.8 Å². The minimum absolute atomic E-state index is 0.133. The summed E-state index contributed by atoms with van der Waals surface area (Å²) in [7, 11) is -3.52. The van der Waals surface area contributed by atoms with Crippen LogP contribution in [0.5, 0.6) is 0 Å². The molecule has 0 unspecified atom stereocenters. The van der Waals surface area contributed by atoms with E-state index in [1.54, 1.807) is 11.8 Å². The Morgan fingerprint density at radius 3 is 2.11 bits per heavy atom. The van der Waals surface area contributed by atoms with Gasteiger partial charge in [0.05, 0.1) is 11.9 Å². The molecule has 0 aliphatic heterocycles. The van der Waals surface area contributed by atoms with Crippen molar-refractivity contribution in [3.8, 4) is 0 Å². The van der Waals surface area contributed by atoms with Gasteiger partial charge in [0, 0.05) is 26.1 Å². The average molecular weight is 502 g/mol. The summed E-state index contributed by atoms with van der Waals surface area (Å²) in [6, 6.07) is 12.9. The zero-order valence-electron chi connectivity index (χ0n) is 21.8. The van der Waals surface area contributed by atoms with Crippen LogP contribution in [0.1, 0.15) is 55.4 Å². The van der Waals surface area contributed by atoms with Crippen molar-refractivity contribution >= 4 is 27.5 Å². The Labute approximate surface area is 210 Å². The summed E-state index contributed by atoms with van der Waals surface area (Å²) in [6.45, 7) is 10.6. The quantitative estimate of drug-likeness (QED) is 0.474. The largest absolute Gasteiger partial charge is 0.354 e. The van der Waals surface area contributed by atoms with E-state index in [-0.39, 0.29) is 24.8 Å². The van der Waals surface area contributed by atoms with E-state index in [0.29, 0.717) is 25.2 Å². The Morgan fingerprint density at radius 1 is 0.971 bits per heavy atom. The third-order valence-electron chi connectivity index (χ3n) is 5.84. The lowest BCUT2D eigenvalue weighted by Gasteiger charge is -2.29. The first-order valence-corrected chi connectivity index (χ1v) is 14.0. The third-order valence-corrected chi connectivity index (χ3v) is 7.03. The van der Waals surface area contributed by atoms with Crippen molar-refractivity contribution in [3.05, 3.63) is 64.7 Å². The number of sulfonamides is 1. The molecule has 0 aromatic heterocycles. The summed E-state index contributed by atoms with van der Waals surface area (Å²) >= 11 is 0. The topological polar surface area (TPSA) is 86.8 Å². The van der Waals surface area contributed by atoms with Crippen molar-refractivity contribution in [1.29, 1.82) is 0 Å². The summed E-state index contributed by atoms with van der Waals surface area (Å²) in [6.07, 6.45) is 2.46. The van der Waals surface area contributed by atoms with Crippen LogP contribution in [0.15, 0.2) is 42.5 Å². The molecule has 2 aromatic carbocycles. The number of anilines is 1. The van der Waals surface area contributed by atoms with E-state index in [1.807, 2.05) is 70.2 Å². The first kappa shape index (κ1) is 28.4. The molecule has 0 aliphatic carbocycles. The molecule has 1 atom stereocenters. The van der Waals surface area contributed by atoms with Crippen molar-refractivity contribution < 1.29 is 18.0 Å². The second kappa shape index (κ2) is 12.7. The highest BCUT2D eigenvalue weighted by Gasteiger charge is 2.26.